The fraction of sp³-hybridized carbons (Fsp3) is 0.0769. The fourth-order valence-corrected chi connectivity index (χ4v) is 2.04. The Morgan fingerprint density at radius 1 is 1.30 bits per heavy atom. The van der Waals surface area contributed by atoms with E-state index >= 15 is 0 Å². The van der Waals surface area contributed by atoms with Crippen LogP contribution in [0.15, 0.2) is 35.2 Å². The number of fused-ring (bicyclic) bond motifs is 1. The number of nitrogens with zero attached hydrogens (tertiary/aromatic N) is 3. The van der Waals surface area contributed by atoms with Crippen molar-refractivity contribution in [3.8, 4) is 0 Å². The molecule has 0 unspecified atom stereocenters. The predicted molar refractivity (Wildman–Crippen MR) is 78.5 cm³/mol. The molecule has 20 heavy (non-hydrogen) atoms. The fourth-order valence-electron chi connectivity index (χ4n) is 1.84. The lowest BCUT2D eigenvalue weighted by molar-refractivity contribution is 0.102. The number of nitrogens with one attached hydrogen (secondary N) is 2. The van der Waals surface area contributed by atoms with Gasteiger partial charge in [-0.3, -0.25) is 4.79 Å². The van der Waals surface area contributed by atoms with E-state index in [4.69, 9.17) is 0 Å². The first-order chi connectivity index (χ1) is 9.61. The third-order valence-corrected chi connectivity index (χ3v) is 3.12. The quantitative estimate of drug-likeness (QED) is 0.756. The van der Waals surface area contributed by atoms with E-state index in [1.807, 2.05) is 19.1 Å². The van der Waals surface area contributed by atoms with Gasteiger partial charge in [-0.25, -0.2) is 15.0 Å². The Kier molecular flexibility index (Phi) is 3.19. The molecule has 2 heterocycles. The standard InChI is InChI=1S/C13H10BrN5O/c1-7-17-9-3-2-8(4-10(9)18-7)19-13(20)11-5-16-12(14)6-15-11/h2-6H,1H3,(H,17,18)(H,19,20). The van der Waals surface area contributed by atoms with Crippen molar-refractivity contribution in [3.63, 3.8) is 0 Å². The summed E-state index contributed by atoms with van der Waals surface area (Å²) in [7, 11) is 0. The Balaban J connectivity index is 1.84. The molecule has 6 nitrogen and oxygen atoms in total. The van der Waals surface area contributed by atoms with E-state index in [-0.39, 0.29) is 11.6 Å². The summed E-state index contributed by atoms with van der Waals surface area (Å²) in [6, 6.07) is 5.48. The molecule has 0 aliphatic rings. The van der Waals surface area contributed by atoms with Crippen molar-refractivity contribution in [1.29, 1.82) is 0 Å². The molecule has 0 spiro atoms. The number of aromatic amines is 1. The van der Waals surface area contributed by atoms with Gasteiger partial charge in [-0.15, -0.1) is 0 Å². The monoisotopic (exact) mass is 331 g/mol. The summed E-state index contributed by atoms with van der Waals surface area (Å²) in [6.07, 6.45) is 2.90. The highest BCUT2D eigenvalue weighted by molar-refractivity contribution is 9.10. The number of aryl methyl sites for hydroxylation is 1. The molecule has 0 fully saturated rings. The van der Waals surface area contributed by atoms with Crippen molar-refractivity contribution in [2.75, 3.05) is 5.32 Å². The molecule has 2 aromatic heterocycles. The summed E-state index contributed by atoms with van der Waals surface area (Å²) in [5.74, 6) is 0.530. The molecule has 2 N–H and O–H groups in total. The van der Waals surface area contributed by atoms with Gasteiger partial charge in [-0.05, 0) is 41.1 Å². The molecular weight excluding hydrogens is 322 g/mol. The number of anilines is 1. The van der Waals surface area contributed by atoms with Crippen LogP contribution in [0.3, 0.4) is 0 Å². The molecular formula is C13H10BrN5O. The summed E-state index contributed by atoms with van der Waals surface area (Å²) in [5.41, 5.74) is 2.68. The molecule has 0 atom stereocenters. The van der Waals surface area contributed by atoms with E-state index in [1.165, 1.54) is 12.4 Å². The zero-order valence-corrected chi connectivity index (χ0v) is 12.1. The second kappa shape index (κ2) is 5.01. The topological polar surface area (TPSA) is 83.6 Å². The van der Waals surface area contributed by atoms with Gasteiger partial charge in [0.2, 0.25) is 0 Å². The maximum atomic E-state index is 12.0. The molecule has 3 aromatic rings. The number of amides is 1. The SMILES string of the molecule is Cc1nc2ccc(NC(=O)c3cnc(Br)cn3)cc2[nH]1. The van der Waals surface area contributed by atoms with Gasteiger partial charge in [0.05, 0.1) is 23.4 Å². The van der Waals surface area contributed by atoms with Gasteiger partial charge in [-0.1, -0.05) is 0 Å². The van der Waals surface area contributed by atoms with Gasteiger partial charge in [0.15, 0.2) is 0 Å². The van der Waals surface area contributed by atoms with Crippen LogP contribution in [-0.4, -0.2) is 25.8 Å². The van der Waals surface area contributed by atoms with Crippen molar-refractivity contribution in [3.05, 3.63) is 46.7 Å². The first-order valence-electron chi connectivity index (χ1n) is 5.87. The molecule has 0 aliphatic carbocycles. The van der Waals surface area contributed by atoms with Gasteiger partial charge in [0.25, 0.3) is 5.91 Å². The molecule has 0 radical (unpaired) electrons. The number of halogens is 1. The largest absolute Gasteiger partial charge is 0.342 e. The number of benzene rings is 1. The van der Waals surface area contributed by atoms with Crippen molar-refractivity contribution in [1.82, 2.24) is 19.9 Å². The third-order valence-electron chi connectivity index (χ3n) is 2.71. The van der Waals surface area contributed by atoms with Crippen LogP contribution in [0.1, 0.15) is 16.3 Å². The Hall–Kier alpha value is -2.28. The molecule has 0 bridgehead atoms. The van der Waals surface area contributed by atoms with Crippen LogP contribution in [0.4, 0.5) is 5.69 Å². The first kappa shape index (κ1) is 12.7. The molecule has 100 valence electrons. The number of aromatic nitrogens is 4. The van der Waals surface area contributed by atoms with Crippen LogP contribution in [0.5, 0.6) is 0 Å². The number of H-pyrrole nitrogens is 1. The van der Waals surface area contributed by atoms with E-state index in [9.17, 15) is 4.79 Å². The maximum Gasteiger partial charge on any atom is 0.275 e. The van der Waals surface area contributed by atoms with E-state index in [2.05, 4.69) is 41.2 Å². The second-order valence-corrected chi connectivity index (χ2v) is 5.05. The van der Waals surface area contributed by atoms with E-state index in [0.717, 1.165) is 16.9 Å². The van der Waals surface area contributed by atoms with Crippen LogP contribution in [0, 0.1) is 6.92 Å². The van der Waals surface area contributed by atoms with Gasteiger partial charge >= 0.3 is 0 Å². The Morgan fingerprint density at radius 2 is 2.15 bits per heavy atom. The van der Waals surface area contributed by atoms with Crippen LogP contribution >= 0.6 is 15.9 Å². The van der Waals surface area contributed by atoms with Gasteiger partial charge < -0.3 is 10.3 Å². The van der Waals surface area contributed by atoms with Crippen molar-refractivity contribution in [2.24, 2.45) is 0 Å². The minimum atomic E-state index is -0.305. The molecule has 7 heteroatoms. The first-order valence-corrected chi connectivity index (χ1v) is 6.66. The Bertz CT molecular complexity index is 781. The predicted octanol–water partition coefficient (Wildman–Crippen LogP) is 2.68. The molecule has 1 amide bonds. The lowest BCUT2D eigenvalue weighted by atomic mass is 10.2. The molecule has 0 saturated heterocycles. The summed E-state index contributed by atoms with van der Waals surface area (Å²) in [5, 5.41) is 2.77. The van der Waals surface area contributed by atoms with Crippen LogP contribution in [0.2, 0.25) is 0 Å². The lowest BCUT2D eigenvalue weighted by Gasteiger charge is -2.04. The number of carbonyl (C=O) groups is 1. The highest BCUT2D eigenvalue weighted by Crippen LogP contribution is 2.17. The van der Waals surface area contributed by atoms with Crippen molar-refractivity contribution < 1.29 is 4.79 Å². The summed E-state index contributed by atoms with van der Waals surface area (Å²) < 4.78 is 0.586. The van der Waals surface area contributed by atoms with Crippen molar-refractivity contribution in [2.45, 2.75) is 6.92 Å². The zero-order valence-electron chi connectivity index (χ0n) is 10.5. The molecule has 0 aliphatic heterocycles. The van der Waals surface area contributed by atoms with Gasteiger partial charge in [-0.2, -0.15) is 0 Å². The number of imidazole rings is 1. The van der Waals surface area contributed by atoms with Crippen LogP contribution in [-0.2, 0) is 0 Å². The molecule has 0 saturated carbocycles. The van der Waals surface area contributed by atoms with E-state index < -0.39 is 0 Å². The average Bonchev–Trinajstić information content (AvgIpc) is 2.78. The summed E-state index contributed by atoms with van der Waals surface area (Å²) >= 11 is 3.17. The highest BCUT2D eigenvalue weighted by Gasteiger charge is 2.09. The minimum absolute atomic E-state index is 0.258. The number of rotatable bonds is 2. The van der Waals surface area contributed by atoms with E-state index in [0.29, 0.717) is 10.3 Å². The lowest BCUT2D eigenvalue weighted by Crippen LogP contribution is -2.13. The van der Waals surface area contributed by atoms with Crippen LogP contribution in [0.25, 0.3) is 11.0 Å². The summed E-state index contributed by atoms with van der Waals surface area (Å²) in [4.78, 5) is 27.4. The zero-order chi connectivity index (χ0) is 14.1. The normalized spacial score (nSPS) is 10.7. The number of hydrogen-bond donors (Lipinski definition) is 2. The van der Waals surface area contributed by atoms with Gasteiger partial charge in [0.1, 0.15) is 16.1 Å². The smallest absolute Gasteiger partial charge is 0.275 e. The highest BCUT2D eigenvalue weighted by atomic mass is 79.9. The second-order valence-electron chi connectivity index (χ2n) is 4.23. The Labute approximate surface area is 122 Å². The minimum Gasteiger partial charge on any atom is -0.342 e. The van der Waals surface area contributed by atoms with Crippen LogP contribution < -0.4 is 5.32 Å². The number of hydrogen-bond acceptors (Lipinski definition) is 4. The maximum absolute atomic E-state index is 12.0. The summed E-state index contributed by atoms with van der Waals surface area (Å²) in [6.45, 7) is 1.88. The van der Waals surface area contributed by atoms with Gasteiger partial charge in [0, 0.05) is 5.69 Å². The third kappa shape index (κ3) is 2.53. The molecule has 3 rings (SSSR count). The van der Waals surface area contributed by atoms with Crippen molar-refractivity contribution >= 4 is 38.6 Å². The Morgan fingerprint density at radius 3 is 2.90 bits per heavy atom. The average molecular weight is 332 g/mol. The number of carbonyl (C=O) groups excluding carboxylic acids is 1. The molecule has 1 aromatic carbocycles. The van der Waals surface area contributed by atoms with E-state index in [1.54, 1.807) is 6.07 Å².